The maximum Gasteiger partial charge on any atom is 0.218 e. The van der Waals surface area contributed by atoms with Crippen LogP contribution in [0.25, 0.3) is 0 Å². The molecule has 2 aliphatic rings. The van der Waals surface area contributed by atoms with Gasteiger partial charge in [0.15, 0.2) is 0 Å². The zero-order chi connectivity index (χ0) is 13.9. The fourth-order valence-corrected chi connectivity index (χ4v) is 3.69. The summed E-state index contributed by atoms with van der Waals surface area (Å²) in [7, 11) is 0. The molecular formula is C17H26N2O. The van der Waals surface area contributed by atoms with Gasteiger partial charge in [0.05, 0.1) is 0 Å². The molecule has 0 radical (unpaired) electrons. The molecule has 1 heterocycles. The van der Waals surface area contributed by atoms with Crippen LogP contribution in [0.5, 0.6) is 5.88 Å². The third kappa shape index (κ3) is 2.69. The van der Waals surface area contributed by atoms with Gasteiger partial charge in [-0.25, -0.2) is 4.98 Å². The monoisotopic (exact) mass is 274 g/mol. The maximum atomic E-state index is 6.32. The Bertz CT molecular complexity index is 472. The van der Waals surface area contributed by atoms with Gasteiger partial charge in [0, 0.05) is 17.8 Å². The van der Waals surface area contributed by atoms with Crippen molar-refractivity contribution in [3.8, 4) is 5.88 Å². The van der Waals surface area contributed by atoms with Crippen LogP contribution in [0.4, 0.5) is 0 Å². The summed E-state index contributed by atoms with van der Waals surface area (Å²) >= 11 is 0. The number of nitrogens with zero attached hydrogens (tertiary/aromatic N) is 1. The molecule has 2 atom stereocenters. The molecule has 1 aromatic rings. The molecule has 1 aromatic heterocycles. The van der Waals surface area contributed by atoms with Gasteiger partial charge in [-0.05, 0) is 62.5 Å². The van der Waals surface area contributed by atoms with Gasteiger partial charge in [0.1, 0.15) is 6.10 Å². The number of fused-ring (bicyclic) bond motifs is 1. The van der Waals surface area contributed by atoms with Crippen molar-refractivity contribution in [1.82, 2.24) is 4.98 Å². The lowest BCUT2D eigenvalue weighted by Crippen LogP contribution is -2.30. The smallest absolute Gasteiger partial charge is 0.218 e. The van der Waals surface area contributed by atoms with Crippen LogP contribution in [0.15, 0.2) is 6.07 Å². The van der Waals surface area contributed by atoms with Gasteiger partial charge >= 0.3 is 0 Å². The van der Waals surface area contributed by atoms with Crippen molar-refractivity contribution in [2.75, 3.05) is 0 Å². The molecule has 3 rings (SSSR count). The summed E-state index contributed by atoms with van der Waals surface area (Å²) in [6.07, 6.45) is 10.1. The van der Waals surface area contributed by atoms with Gasteiger partial charge in [0.2, 0.25) is 5.88 Å². The van der Waals surface area contributed by atoms with Crippen LogP contribution in [0.1, 0.15) is 62.3 Å². The summed E-state index contributed by atoms with van der Waals surface area (Å²) in [6, 6.07) is 2.23. The van der Waals surface area contributed by atoms with E-state index in [1.165, 1.54) is 49.8 Å². The fraction of sp³-hybridized carbons (Fsp3) is 0.706. The van der Waals surface area contributed by atoms with Gasteiger partial charge in [0.25, 0.3) is 0 Å². The number of hydrogen-bond donors (Lipinski definition) is 1. The van der Waals surface area contributed by atoms with E-state index in [4.69, 9.17) is 15.5 Å². The molecule has 1 saturated carbocycles. The van der Waals surface area contributed by atoms with E-state index in [0.717, 1.165) is 24.3 Å². The number of ether oxygens (including phenoxy) is 1. The number of rotatable bonds is 4. The van der Waals surface area contributed by atoms with Crippen LogP contribution in [-0.4, -0.2) is 11.1 Å². The molecule has 3 heteroatoms. The molecule has 0 bridgehead atoms. The summed E-state index contributed by atoms with van der Waals surface area (Å²) in [4.78, 5) is 4.78. The minimum absolute atomic E-state index is 0.339. The molecule has 0 amide bonds. The Balaban J connectivity index is 1.82. The van der Waals surface area contributed by atoms with Gasteiger partial charge in [-0.1, -0.05) is 13.3 Å². The molecule has 110 valence electrons. The van der Waals surface area contributed by atoms with Crippen LogP contribution in [-0.2, 0) is 19.4 Å². The molecule has 2 unspecified atom stereocenters. The highest BCUT2D eigenvalue weighted by Crippen LogP contribution is 2.32. The lowest BCUT2D eigenvalue weighted by atomic mass is 9.85. The van der Waals surface area contributed by atoms with Gasteiger partial charge < -0.3 is 10.5 Å². The third-order valence-electron chi connectivity index (χ3n) is 4.94. The normalized spacial score (nSPS) is 25.5. The number of aromatic nitrogens is 1. The summed E-state index contributed by atoms with van der Waals surface area (Å²) in [6.45, 7) is 2.80. The van der Waals surface area contributed by atoms with E-state index >= 15 is 0 Å². The second-order valence-corrected chi connectivity index (χ2v) is 6.23. The third-order valence-corrected chi connectivity index (χ3v) is 4.94. The Morgan fingerprint density at radius 1 is 1.25 bits per heavy atom. The minimum atomic E-state index is 0.339. The highest BCUT2D eigenvalue weighted by molar-refractivity contribution is 5.37. The van der Waals surface area contributed by atoms with Gasteiger partial charge in [-0.2, -0.15) is 0 Å². The molecule has 2 N–H and O–H groups in total. The minimum Gasteiger partial charge on any atom is -0.474 e. The topological polar surface area (TPSA) is 48.1 Å². The first kappa shape index (κ1) is 13.9. The predicted molar refractivity (Wildman–Crippen MR) is 80.8 cm³/mol. The highest BCUT2D eigenvalue weighted by Gasteiger charge is 2.27. The zero-order valence-corrected chi connectivity index (χ0v) is 12.5. The zero-order valence-electron chi connectivity index (χ0n) is 12.5. The molecule has 1 fully saturated rings. The Morgan fingerprint density at radius 2 is 2.10 bits per heavy atom. The molecule has 2 aliphatic carbocycles. The second kappa shape index (κ2) is 6.13. The average molecular weight is 274 g/mol. The molecule has 20 heavy (non-hydrogen) atoms. The van der Waals surface area contributed by atoms with E-state index in [2.05, 4.69) is 13.0 Å². The van der Waals surface area contributed by atoms with Crippen molar-refractivity contribution in [1.29, 1.82) is 0 Å². The van der Waals surface area contributed by atoms with E-state index < -0.39 is 0 Å². The Labute approximate surface area is 121 Å². The largest absolute Gasteiger partial charge is 0.474 e. The summed E-state index contributed by atoms with van der Waals surface area (Å²) in [5.41, 5.74) is 9.61. The summed E-state index contributed by atoms with van der Waals surface area (Å²) in [5, 5.41) is 0. The van der Waals surface area contributed by atoms with Gasteiger partial charge in [-0.3, -0.25) is 0 Å². The molecule has 0 saturated heterocycles. The van der Waals surface area contributed by atoms with E-state index in [1.807, 2.05) is 0 Å². The van der Waals surface area contributed by atoms with E-state index in [9.17, 15) is 0 Å². The quantitative estimate of drug-likeness (QED) is 0.915. The molecule has 0 aliphatic heterocycles. The SMILES string of the molecule is CCC1CCCCC1Oc1nc2c(cc1CN)CCC2. The Morgan fingerprint density at radius 3 is 2.90 bits per heavy atom. The highest BCUT2D eigenvalue weighted by atomic mass is 16.5. The maximum absolute atomic E-state index is 6.32. The first-order valence-corrected chi connectivity index (χ1v) is 8.20. The van der Waals surface area contributed by atoms with Crippen LogP contribution in [0, 0.1) is 5.92 Å². The van der Waals surface area contributed by atoms with Crippen molar-refractivity contribution in [3.63, 3.8) is 0 Å². The molecule has 3 nitrogen and oxygen atoms in total. The van der Waals surface area contributed by atoms with Crippen molar-refractivity contribution < 1.29 is 4.74 Å². The van der Waals surface area contributed by atoms with Crippen molar-refractivity contribution >= 4 is 0 Å². The van der Waals surface area contributed by atoms with Crippen LogP contribution in [0.2, 0.25) is 0 Å². The number of hydrogen-bond acceptors (Lipinski definition) is 3. The number of nitrogens with two attached hydrogens (primary N) is 1. The Hall–Kier alpha value is -1.09. The number of pyridine rings is 1. The van der Waals surface area contributed by atoms with Crippen LogP contribution >= 0.6 is 0 Å². The lowest BCUT2D eigenvalue weighted by molar-refractivity contribution is 0.0846. The summed E-state index contributed by atoms with van der Waals surface area (Å²) in [5.74, 6) is 1.50. The average Bonchev–Trinajstić information content (AvgIpc) is 2.94. The van der Waals surface area contributed by atoms with Crippen LogP contribution < -0.4 is 10.5 Å². The van der Waals surface area contributed by atoms with E-state index in [-0.39, 0.29) is 0 Å². The fourth-order valence-electron chi connectivity index (χ4n) is 3.69. The van der Waals surface area contributed by atoms with Crippen LogP contribution in [0.3, 0.4) is 0 Å². The molecular weight excluding hydrogens is 248 g/mol. The molecule has 0 aromatic carbocycles. The standard InChI is InChI=1S/C17H26N2O/c1-2-12-6-3-4-9-16(12)20-17-14(11-18)10-13-7-5-8-15(13)19-17/h10,12,16H,2-9,11,18H2,1H3. The summed E-state index contributed by atoms with van der Waals surface area (Å²) < 4.78 is 6.32. The first-order valence-electron chi connectivity index (χ1n) is 8.20. The van der Waals surface area contributed by atoms with E-state index in [1.54, 1.807) is 0 Å². The second-order valence-electron chi connectivity index (χ2n) is 6.23. The Kier molecular flexibility index (Phi) is 4.25. The molecule has 0 spiro atoms. The first-order chi connectivity index (χ1) is 9.81. The lowest BCUT2D eigenvalue weighted by Gasteiger charge is -2.31. The predicted octanol–water partition coefficient (Wildman–Crippen LogP) is 3.38. The van der Waals surface area contributed by atoms with E-state index in [0.29, 0.717) is 18.6 Å². The van der Waals surface area contributed by atoms with Crippen molar-refractivity contribution in [2.24, 2.45) is 11.7 Å². The van der Waals surface area contributed by atoms with Crippen molar-refractivity contribution in [2.45, 2.75) is 70.9 Å². The van der Waals surface area contributed by atoms with Crippen molar-refractivity contribution in [3.05, 3.63) is 22.9 Å². The van der Waals surface area contributed by atoms with Gasteiger partial charge in [-0.15, -0.1) is 0 Å². The number of aryl methyl sites for hydroxylation is 2.